The van der Waals surface area contributed by atoms with E-state index in [-0.39, 0.29) is 46.0 Å². The maximum Gasteiger partial charge on any atom is 1.00 e. The monoisotopic (exact) mass is 304 g/mol. The van der Waals surface area contributed by atoms with Crippen LogP contribution in [-0.4, -0.2) is 14.9 Å². The van der Waals surface area contributed by atoms with Gasteiger partial charge < -0.3 is 7.28 Å². The Morgan fingerprint density at radius 1 is 1.05 bits per heavy atom. The molecule has 0 radical (unpaired) electrons. The molecule has 0 fully saturated rings. The summed E-state index contributed by atoms with van der Waals surface area (Å²) in [6.45, 7) is 10.1. The molecule has 0 atom stereocenters. The largest absolute Gasteiger partial charge is 1.00 e. The summed E-state index contributed by atoms with van der Waals surface area (Å²) < 4.78 is 6.02. The topological polar surface area (TPSA) is 9.23 Å². The summed E-state index contributed by atoms with van der Waals surface area (Å²) in [5, 5.41) is 0. The number of allylic oxidation sites excluding steroid dienone is 8. The van der Waals surface area contributed by atoms with Crippen molar-refractivity contribution in [3.05, 3.63) is 47.6 Å². The molecule has 0 aliphatic heterocycles. The molecular weight excluding hydrogens is 274 g/mol. The van der Waals surface area contributed by atoms with Gasteiger partial charge in [-0.1, -0.05) is 54.5 Å². The fraction of sp³-hybridized carbons (Fsp3) is 0.556. The molecule has 4 heteroatoms. The molecule has 1 nitrogen and oxygen atoms in total. The average molecular weight is 304 g/mol. The number of rotatable bonds is 7. The minimum absolute atomic E-state index is 0. The first kappa shape index (κ1) is 22.3. The van der Waals surface area contributed by atoms with Crippen LogP contribution in [0.4, 0.5) is 0 Å². The molecule has 2 aliphatic rings. The van der Waals surface area contributed by atoms with E-state index in [4.69, 9.17) is 4.43 Å². The van der Waals surface area contributed by atoms with Crippen LogP contribution in [0.25, 0.3) is 0 Å². The summed E-state index contributed by atoms with van der Waals surface area (Å²) in [4.78, 5) is 0. The van der Waals surface area contributed by atoms with Gasteiger partial charge in [-0.05, 0) is 45.3 Å². The van der Waals surface area contributed by atoms with Gasteiger partial charge in [-0.3, -0.25) is 0 Å². The zero-order valence-corrected chi connectivity index (χ0v) is 16.4. The SMILES string of the molecule is CC(CCCO[Si](C)(C)C)(C1=CC=CC1)C1=CC=CC1.[H-].[H-].[Li+].[Li+]. The van der Waals surface area contributed by atoms with E-state index in [2.05, 4.69) is 63.0 Å². The smallest absolute Gasteiger partial charge is 1.00 e. The van der Waals surface area contributed by atoms with Crippen molar-refractivity contribution in [3.8, 4) is 0 Å². The average Bonchev–Trinajstić information content (AvgIpc) is 3.04. The zero-order valence-electron chi connectivity index (χ0n) is 17.4. The van der Waals surface area contributed by atoms with Gasteiger partial charge in [0.05, 0.1) is 0 Å². The minimum Gasteiger partial charge on any atom is -1.00 e. The maximum atomic E-state index is 6.02. The summed E-state index contributed by atoms with van der Waals surface area (Å²) in [6.07, 6.45) is 18.2. The fourth-order valence-corrected chi connectivity index (χ4v) is 3.80. The van der Waals surface area contributed by atoms with Gasteiger partial charge >= 0.3 is 37.7 Å². The summed E-state index contributed by atoms with van der Waals surface area (Å²) in [6, 6.07) is 0. The summed E-state index contributed by atoms with van der Waals surface area (Å²) in [7, 11) is -1.37. The van der Waals surface area contributed by atoms with Gasteiger partial charge in [-0.2, -0.15) is 0 Å². The van der Waals surface area contributed by atoms with Crippen LogP contribution >= 0.6 is 0 Å². The Labute approximate surface area is 164 Å². The van der Waals surface area contributed by atoms with Crippen LogP contribution in [0.2, 0.25) is 19.6 Å². The second-order valence-corrected chi connectivity index (χ2v) is 11.6. The molecule has 0 spiro atoms. The van der Waals surface area contributed by atoms with Crippen molar-refractivity contribution in [1.82, 2.24) is 0 Å². The van der Waals surface area contributed by atoms with Crippen LogP contribution in [-0.2, 0) is 4.43 Å². The van der Waals surface area contributed by atoms with E-state index < -0.39 is 8.32 Å². The predicted molar refractivity (Wildman–Crippen MR) is 92.5 cm³/mol. The van der Waals surface area contributed by atoms with Gasteiger partial charge in [-0.15, -0.1) is 0 Å². The van der Waals surface area contributed by atoms with Crippen molar-refractivity contribution < 1.29 is 45.0 Å². The van der Waals surface area contributed by atoms with E-state index in [1.54, 1.807) is 11.1 Å². The third-order valence-electron chi connectivity index (χ3n) is 4.32. The molecule has 0 N–H and O–H groups in total. The summed E-state index contributed by atoms with van der Waals surface area (Å²) in [5.74, 6) is 0. The molecule has 0 heterocycles. The van der Waals surface area contributed by atoms with Crippen molar-refractivity contribution in [2.24, 2.45) is 5.41 Å². The van der Waals surface area contributed by atoms with Gasteiger partial charge in [0.1, 0.15) is 0 Å². The summed E-state index contributed by atoms with van der Waals surface area (Å²) in [5.41, 5.74) is 3.36. The van der Waals surface area contributed by atoms with E-state index in [0.29, 0.717) is 0 Å². The van der Waals surface area contributed by atoms with Gasteiger partial charge in [0.25, 0.3) is 0 Å². The van der Waals surface area contributed by atoms with Crippen molar-refractivity contribution in [1.29, 1.82) is 0 Å². The van der Waals surface area contributed by atoms with Crippen LogP contribution in [0.15, 0.2) is 47.6 Å². The quantitative estimate of drug-likeness (QED) is 0.461. The van der Waals surface area contributed by atoms with E-state index in [9.17, 15) is 0 Å². The second kappa shape index (κ2) is 9.58. The van der Waals surface area contributed by atoms with Gasteiger partial charge in [0, 0.05) is 12.0 Å². The van der Waals surface area contributed by atoms with Gasteiger partial charge in [-0.25, -0.2) is 0 Å². The molecular formula is C18H30Li2OSi. The maximum absolute atomic E-state index is 6.02. The van der Waals surface area contributed by atoms with Crippen molar-refractivity contribution in [2.45, 2.75) is 52.2 Å². The van der Waals surface area contributed by atoms with E-state index in [1.165, 1.54) is 6.42 Å². The Morgan fingerprint density at radius 3 is 1.91 bits per heavy atom. The predicted octanol–water partition coefficient (Wildman–Crippen LogP) is -0.370. The van der Waals surface area contributed by atoms with Crippen LogP contribution in [0, 0.1) is 5.41 Å². The third-order valence-corrected chi connectivity index (χ3v) is 5.39. The molecule has 0 saturated carbocycles. The molecule has 0 amide bonds. The molecule has 0 aromatic rings. The molecule has 0 aromatic carbocycles. The van der Waals surface area contributed by atoms with Gasteiger partial charge in [0.2, 0.25) is 0 Å². The molecule has 0 saturated heterocycles. The molecule has 0 aromatic heterocycles. The molecule has 0 bridgehead atoms. The van der Waals surface area contributed by atoms with Gasteiger partial charge in [0.15, 0.2) is 8.32 Å². The first-order chi connectivity index (χ1) is 9.42. The fourth-order valence-electron chi connectivity index (χ4n) is 3.04. The number of hydrogen-bond acceptors (Lipinski definition) is 1. The Kier molecular flexibility index (Phi) is 9.73. The number of hydrogen-bond donors (Lipinski definition) is 0. The second-order valence-electron chi connectivity index (χ2n) is 7.04. The first-order valence-electron chi connectivity index (χ1n) is 7.78. The molecule has 2 rings (SSSR count). The Bertz CT molecular complexity index is 450. The van der Waals surface area contributed by atoms with Crippen LogP contribution in [0.5, 0.6) is 0 Å². The Morgan fingerprint density at radius 2 is 1.55 bits per heavy atom. The minimum atomic E-state index is -1.37. The third kappa shape index (κ3) is 6.09. The van der Waals surface area contributed by atoms with E-state index in [0.717, 1.165) is 25.9 Å². The molecule has 22 heavy (non-hydrogen) atoms. The molecule has 0 unspecified atom stereocenters. The van der Waals surface area contributed by atoms with Crippen LogP contribution < -0.4 is 37.7 Å². The van der Waals surface area contributed by atoms with Crippen molar-refractivity contribution >= 4 is 8.32 Å². The van der Waals surface area contributed by atoms with E-state index >= 15 is 0 Å². The standard InChI is InChI=1S/C18H28OSi.2Li.2H/c1-18(16-10-5-6-11-16,17-12-7-8-13-17)14-9-15-19-20(2,3)4;;;;/h5-8,10,12H,9,11,13-15H2,1-4H3;;;;/q;2*+1;2*-1. The Hall–Kier alpha value is 0.332. The van der Waals surface area contributed by atoms with Crippen molar-refractivity contribution in [3.63, 3.8) is 0 Å². The summed E-state index contributed by atoms with van der Waals surface area (Å²) >= 11 is 0. The molecule has 114 valence electrons. The van der Waals surface area contributed by atoms with Crippen LogP contribution in [0.3, 0.4) is 0 Å². The normalized spacial score (nSPS) is 16.9. The van der Waals surface area contributed by atoms with Crippen molar-refractivity contribution in [2.75, 3.05) is 6.61 Å². The molecule has 2 aliphatic carbocycles. The van der Waals surface area contributed by atoms with Crippen LogP contribution in [0.1, 0.15) is 35.5 Å². The van der Waals surface area contributed by atoms with E-state index in [1.807, 2.05) is 0 Å². The Balaban J connectivity index is -0.00000110. The first-order valence-corrected chi connectivity index (χ1v) is 11.2. The zero-order chi connectivity index (χ0) is 14.6.